The van der Waals surface area contributed by atoms with Crippen LogP contribution in [0.2, 0.25) is 0 Å². The van der Waals surface area contributed by atoms with Crippen LogP contribution in [-0.4, -0.2) is 22.2 Å². The van der Waals surface area contributed by atoms with Gasteiger partial charge in [-0.25, -0.2) is 0 Å². The van der Waals surface area contributed by atoms with Gasteiger partial charge in [0, 0.05) is 25.5 Å². The minimum atomic E-state index is 0.305. The smallest absolute Gasteiger partial charge is 0.0625 e. The van der Waals surface area contributed by atoms with Gasteiger partial charge < -0.3 is 5.32 Å². The predicted octanol–water partition coefficient (Wildman–Crippen LogP) is 3.60. The fraction of sp³-hybridized carbons (Fsp3) is 0.800. The molecule has 0 unspecified atom stereocenters. The van der Waals surface area contributed by atoms with Crippen molar-refractivity contribution >= 4 is 11.6 Å². The number of hydrogen-bond acceptors (Lipinski definition) is 2. The van der Waals surface area contributed by atoms with Gasteiger partial charge in [-0.3, -0.25) is 4.68 Å². The van der Waals surface area contributed by atoms with Gasteiger partial charge in [0.05, 0.1) is 11.4 Å². The number of rotatable bonds is 9. The maximum atomic E-state index is 5.76. The summed E-state index contributed by atoms with van der Waals surface area (Å²) in [5.41, 5.74) is 2.77. The van der Waals surface area contributed by atoms with Crippen molar-refractivity contribution in [2.45, 2.75) is 60.0 Å². The lowest BCUT2D eigenvalue weighted by molar-refractivity contribution is 0.309. The molecule has 0 aliphatic carbocycles. The first-order valence-electron chi connectivity index (χ1n) is 7.34. The summed E-state index contributed by atoms with van der Waals surface area (Å²) < 4.78 is 2.09. The van der Waals surface area contributed by atoms with Crippen molar-refractivity contribution in [2.75, 3.05) is 12.4 Å². The van der Waals surface area contributed by atoms with Crippen molar-refractivity contribution in [3.63, 3.8) is 0 Å². The zero-order valence-electron chi connectivity index (χ0n) is 12.8. The van der Waals surface area contributed by atoms with Crippen molar-refractivity contribution < 1.29 is 0 Å². The molecular weight excluding hydrogens is 258 g/mol. The molecule has 4 heteroatoms. The molecule has 19 heavy (non-hydrogen) atoms. The number of nitrogens with zero attached hydrogens (tertiary/aromatic N) is 2. The highest BCUT2D eigenvalue weighted by atomic mass is 35.5. The Morgan fingerprint density at radius 1 is 1.37 bits per heavy atom. The molecule has 1 heterocycles. The molecule has 0 bridgehead atoms. The molecule has 0 radical (unpaired) electrons. The second-order valence-corrected chi connectivity index (χ2v) is 6.23. The first-order chi connectivity index (χ1) is 9.02. The molecule has 1 aromatic rings. The zero-order chi connectivity index (χ0) is 14.3. The van der Waals surface area contributed by atoms with Crippen LogP contribution in [0.4, 0.5) is 0 Å². The lowest BCUT2D eigenvalue weighted by Crippen LogP contribution is -2.29. The molecule has 3 nitrogen and oxygen atoms in total. The summed E-state index contributed by atoms with van der Waals surface area (Å²) in [6.45, 7) is 11.7. The SMILES string of the molecule is CCc1cc(CNCC(C)(C)CCCCl)n(CC)n1. The molecule has 0 aliphatic rings. The van der Waals surface area contributed by atoms with Gasteiger partial charge in [0.1, 0.15) is 0 Å². The van der Waals surface area contributed by atoms with E-state index in [0.29, 0.717) is 5.41 Å². The van der Waals surface area contributed by atoms with E-state index in [0.717, 1.165) is 44.8 Å². The van der Waals surface area contributed by atoms with E-state index in [1.54, 1.807) is 0 Å². The molecule has 0 amide bonds. The molecule has 0 fully saturated rings. The van der Waals surface area contributed by atoms with Gasteiger partial charge >= 0.3 is 0 Å². The largest absolute Gasteiger partial charge is 0.311 e. The lowest BCUT2D eigenvalue weighted by atomic mass is 9.88. The summed E-state index contributed by atoms with van der Waals surface area (Å²) in [6, 6.07) is 2.21. The summed E-state index contributed by atoms with van der Waals surface area (Å²) in [6.07, 6.45) is 3.25. The Morgan fingerprint density at radius 2 is 2.11 bits per heavy atom. The molecule has 0 spiro atoms. The molecule has 0 aliphatic heterocycles. The third-order valence-electron chi connectivity index (χ3n) is 3.47. The van der Waals surface area contributed by atoms with Crippen LogP contribution >= 0.6 is 11.6 Å². The van der Waals surface area contributed by atoms with Crippen LogP contribution in [0.3, 0.4) is 0 Å². The number of aromatic nitrogens is 2. The van der Waals surface area contributed by atoms with E-state index in [4.69, 9.17) is 11.6 Å². The lowest BCUT2D eigenvalue weighted by Gasteiger charge is -2.24. The Morgan fingerprint density at radius 3 is 2.68 bits per heavy atom. The Kier molecular flexibility index (Phi) is 6.87. The average molecular weight is 286 g/mol. The van der Waals surface area contributed by atoms with Crippen LogP contribution in [0.15, 0.2) is 6.07 Å². The molecule has 1 rings (SSSR count). The molecule has 0 aromatic carbocycles. The number of aryl methyl sites for hydroxylation is 2. The second kappa shape index (κ2) is 7.91. The number of alkyl halides is 1. The van der Waals surface area contributed by atoms with E-state index < -0.39 is 0 Å². The van der Waals surface area contributed by atoms with E-state index in [1.165, 1.54) is 11.4 Å². The van der Waals surface area contributed by atoms with Gasteiger partial charge in [-0.15, -0.1) is 11.6 Å². The molecule has 0 saturated heterocycles. The van der Waals surface area contributed by atoms with Crippen LogP contribution in [0.5, 0.6) is 0 Å². The molecule has 0 saturated carbocycles. The minimum absolute atomic E-state index is 0.305. The van der Waals surface area contributed by atoms with Gasteiger partial charge in [-0.1, -0.05) is 20.8 Å². The topological polar surface area (TPSA) is 29.9 Å². The standard InChI is InChI=1S/C15H28ClN3/c1-5-13-10-14(19(6-2)18-13)11-17-12-15(3,4)8-7-9-16/h10,17H,5-9,11-12H2,1-4H3. The summed E-state index contributed by atoms with van der Waals surface area (Å²) in [7, 11) is 0. The minimum Gasteiger partial charge on any atom is -0.311 e. The Hall–Kier alpha value is -0.540. The van der Waals surface area contributed by atoms with E-state index in [1.807, 2.05) is 0 Å². The van der Waals surface area contributed by atoms with Crippen molar-refractivity contribution in [3.8, 4) is 0 Å². The Bertz CT molecular complexity index is 371. The zero-order valence-corrected chi connectivity index (χ0v) is 13.6. The van der Waals surface area contributed by atoms with Crippen molar-refractivity contribution in [1.82, 2.24) is 15.1 Å². The predicted molar refractivity (Wildman–Crippen MR) is 82.7 cm³/mol. The highest BCUT2D eigenvalue weighted by Crippen LogP contribution is 2.21. The first-order valence-corrected chi connectivity index (χ1v) is 7.88. The van der Waals surface area contributed by atoms with Crippen LogP contribution < -0.4 is 5.32 Å². The fourth-order valence-electron chi connectivity index (χ4n) is 2.27. The molecule has 0 atom stereocenters. The third kappa shape index (κ3) is 5.53. The van der Waals surface area contributed by atoms with Crippen LogP contribution in [0.1, 0.15) is 51.9 Å². The summed E-state index contributed by atoms with van der Waals surface area (Å²) in [4.78, 5) is 0. The average Bonchev–Trinajstić information content (AvgIpc) is 2.79. The van der Waals surface area contributed by atoms with Crippen LogP contribution in [0.25, 0.3) is 0 Å². The van der Waals surface area contributed by atoms with E-state index in [-0.39, 0.29) is 0 Å². The summed E-state index contributed by atoms with van der Waals surface area (Å²) >= 11 is 5.76. The van der Waals surface area contributed by atoms with Crippen molar-refractivity contribution in [3.05, 3.63) is 17.5 Å². The maximum Gasteiger partial charge on any atom is 0.0625 e. The van der Waals surface area contributed by atoms with Gasteiger partial charge in [0.2, 0.25) is 0 Å². The monoisotopic (exact) mass is 285 g/mol. The quantitative estimate of drug-likeness (QED) is 0.703. The van der Waals surface area contributed by atoms with Gasteiger partial charge in [0.25, 0.3) is 0 Å². The highest BCUT2D eigenvalue weighted by molar-refractivity contribution is 6.17. The van der Waals surface area contributed by atoms with Crippen molar-refractivity contribution in [1.29, 1.82) is 0 Å². The number of nitrogens with one attached hydrogen (secondary N) is 1. The number of hydrogen-bond donors (Lipinski definition) is 1. The normalized spacial score (nSPS) is 12.1. The molecular formula is C15H28ClN3. The van der Waals surface area contributed by atoms with Crippen molar-refractivity contribution in [2.24, 2.45) is 5.41 Å². The van der Waals surface area contributed by atoms with E-state index >= 15 is 0 Å². The van der Waals surface area contributed by atoms with Crippen LogP contribution in [0, 0.1) is 5.41 Å². The van der Waals surface area contributed by atoms with Crippen LogP contribution in [-0.2, 0) is 19.5 Å². The fourth-order valence-corrected chi connectivity index (χ4v) is 2.40. The Labute approximate surface area is 122 Å². The molecule has 1 aromatic heterocycles. The maximum absolute atomic E-state index is 5.76. The highest BCUT2D eigenvalue weighted by Gasteiger charge is 2.17. The van der Waals surface area contributed by atoms with Gasteiger partial charge in [-0.05, 0) is 37.7 Å². The number of halogens is 1. The molecule has 110 valence electrons. The summed E-state index contributed by atoms with van der Waals surface area (Å²) in [5, 5.41) is 8.13. The first kappa shape index (κ1) is 16.5. The van der Waals surface area contributed by atoms with Gasteiger partial charge in [-0.2, -0.15) is 5.10 Å². The third-order valence-corrected chi connectivity index (χ3v) is 3.74. The summed E-state index contributed by atoms with van der Waals surface area (Å²) in [5.74, 6) is 0.756. The van der Waals surface area contributed by atoms with Gasteiger partial charge in [0.15, 0.2) is 0 Å². The van der Waals surface area contributed by atoms with E-state index in [9.17, 15) is 0 Å². The second-order valence-electron chi connectivity index (χ2n) is 5.86. The molecule has 1 N–H and O–H groups in total. The van der Waals surface area contributed by atoms with E-state index in [2.05, 4.69) is 48.9 Å². The Balaban J connectivity index is 2.46.